The number of aromatic nitrogens is 1. The van der Waals surface area contributed by atoms with Crippen LogP contribution in [0.1, 0.15) is 5.69 Å². The van der Waals surface area contributed by atoms with E-state index in [-0.39, 0.29) is 0 Å². The Hall–Kier alpha value is -0.470. The lowest BCUT2D eigenvalue weighted by atomic mass is 10.3. The van der Waals surface area contributed by atoms with Crippen LogP contribution in [0, 0.1) is 0 Å². The van der Waals surface area contributed by atoms with Crippen LogP contribution in [0.2, 0.25) is 10.2 Å². The van der Waals surface area contributed by atoms with Crippen molar-refractivity contribution < 1.29 is 0 Å². The number of pyridine rings is 1. The highest BCUT2D eigenvalue weighted by molar-refractivity contribution is 6.41. The van der Waals surface area contributed by atoms with E-state index in [1.54, 1.807) is 0 Å². The Kier molecular flexibility index (Phi) is 1.66. The van der Waals surface area contributed by atoms with E-state index in [2.05, 4.69) is 10.3 Å². The summed E-state index contributed by atoms with van der Waals surface area (Å²) in [4.78, 5) is 4.12. The monoisotopic (exact) mass is 188 g/mol. The first-order valence-electron chi connectivity index (χ1n) is 3.36. The Morgan fingerprint density at radius 2 is 2.27 bits per heavy atom. The van der Waals surface area contributed by atoms with Crippen LogP contribution in [0.25, 0.3) is 0 Å². The van der Waals surface area contributed by atoms with Gasteiger partial charge in [0.1, 0.15) is 5.15 Å². The zero-order valence-corrected chi connectivity index (χ0v) is 7.21. The average Bonchev–Trinajstić information content (AvgIpc) is 2.36. The third-order valence-electron chi connectivity index (χ3n) is 1.69. The largest absolute Gasteiger partial charge is 0.383 e. The van der Waals surface area contributed by atoms with Gasteiger partial charge in [-0.05, 0) is 6.07 Å². The molecule has 0 saturated heterocycles. The molecule has 2 rings (SSSR count). The average molecular weight is 189 g/mol. The van der Waals surface area contributed by atoms with E-state index in [4.69, 9.17) is 23.2 Å². The number of nitrogens with zero attached hydrogens (tertiary/aromatic N) is 1. The van der Waals surface area contributed by atoms with Gasteiger partial charge in [-0.3, -0.25) is 0 Å². The standard InChI is InChI=1S/C7H6Cl2N2/c8-4-3-6-5(1-2-10-6)11-7(4)9/h3,10H,1-2H2. The quantitative estimate of drug-likeness (QED) is 0.633. The van der Waals surface area contributed by atoms with Gasteiger partial charge in [0.05, 0.1) is 16.4 Å². The van der Waals surface area contributed by atoms with Gasteiger partial charge in [-0.15, -0.1) is 0 Å². The predicted octanol–water partition coefficient (Wildman–Crippen LogP) is 2.36. The molecule has 0 aromatic carbocycles. The molecule has 1 aliphatic rings. The first-order valence-corrected chi connectivity index (χ1v) is 4.12. The maximum atomic E-state index is 5.76. The van der Waals surface area contributed by atoms with Crippen LogP contribution >= 0.6 is 23.2 Å². The summed E-state index contributed by atoms with van der Waals surface area (Å²) in [6.07, 6.45) is 0.937. The lowest BCUT2D eigenvalue weighted by Crippen LogP contribution is -1.90. The van der Waals surface area contributed by atoms with E-state index >= 15 is 0 Å². The molecule has 0 unspecified atom stereocenters. The Morgan fingerprint density at radius 3 is 3.09 bits per heavy atom. The van der Waals surface area contributed by atoms with Crippen LogP contribution in [0.3, 0.4) is 0 Å². The fourth-order valence-corrected chi connectivity index (χ4v) is 1.47. The number of hydrogen-bond donors (Lipinski definition) is 1. The molecule has 1 aromatic rings. The van der Waals surface area contributed by atoms with E-state index in [0.717, 1.165) is 24.3 Å². The smallest absolute Gasteiger partial charge is 0.148 e. The molecular weight excluding hydrogens is 183 g/mol. The fraction of sp³-hybridized carbons (Fsp3) is 0.286. The van der Waals surface area contributed by atoms with Crippen molar-refractivity contribution in [3.05, 3.63) is 21.9 Å². The minimum Gasteiger partial charge on any atom is -0.383 e. The molecule has 0 radical (unpaired) electrons. The van der Waals surface area contributed by atoms with Crippen LogP contribution in [-0.4, -0.2) is 11.5 Å². The summed E-state index contributed by atoms with van der Waals surface area (Å²) < 4.78 is 0. The molecule has 11 heavy (non-hydrogen) atoms. The molecule has 1 aromatic heterocycles. The number of nitrogens with one attached hydrogen (secondary N) is 1. The van der Waals surface area contributed by atoms with Gasteiger partial charge in [0.2, 0.25) is 0 Å². The van der Waals surface area contributed by atoms with Gasteiger partial charge < -0.3 is 5.32 Å². The number of anilines is 1. The topological polar surface area (TPSA) is 24.9 Å². The number of halogens is 2. The number of rotatable bonds is 0. The summed E-state index contributed by atoms with van der Waals surface area (Å²) in [5, 5.41) is 4.07. The molecule has 2 heterocycles. The van der Waals surface area contributed by atoms with Crippen molar-refractivity contribution in [2.75, 3.05) is 11.9 Å². The lowest BCUT2D eigenvalue weighted by Gasteiger charge is -1.99. The molecule has 0 amide bonds. The first kappa shape index (κ1) is 7.19. The van der Waals surface area contributed by atoms with E-state index in [0.29, 0.717) is 10.2 Å². The van der Waals surface area contributed by atoms with Crippen LogP contribution in [0.4, 0.5) is 5.69 Å². The predicted molar refractivity (Wildman–Crippen MR) is 46.5 cm³/mol. The maximum Gasteiger partial charge on any atom is 0.148 e. The zero-order chi connectivity index (χ0) is 7.84. The molecular formula is C7H6Cl2N2. The molecule has 0 atom stereocenters. The van der Waals surface area contributed by atoms with Crippen molar-refractivity contribution in [1.82, 2.24) is 4.98 Å². The summed E-state index contributed by atoms with van der Waals surface area (Å²) in [6.45, 7) is 0.930. The van der Waals surface area contributed by atoms with Gasteiger partial charge >= 0.3 is 0 Å². The highest BCUT2D eigenvalue weighted by Crippen LogP contribution is 2.28. The third kappa shape index (κ3) is 1.17. The lowest BCUT2D eigenvalue weighted by molar-refractivity contribution is 1.04. The minimum atomic E-state index is 0.397. The number of fused-ring (bicyclic) bond motifs is 1. The fourth-order valence-electron chi connectivity index (χ4n) is 1.16. The second-order valence-corrected chi connectivity index (χ2v) is 3.20. The summed E-state index contributed by atoms with van der Waals surface area (Å²) in [6, 6.07) is 1.82. The van der Waals surface area contributed by atoms with Crippen molar-refractivity contribution in [2.24, 2.45) is 0 Å². The molecule has 1 N–H and O–H groups in total. The van der Waals surface area contributed by atoms with Crippen LogP contribution in [-0.2, 0) is 6.42 Å². The van der Waals surface area contributed by atoms with Crippen molar-refractivity contribution in [2.45, 2.75) is 6.42 Å². The van der Waals surface area contributed by atoms with Crippen molar-refractivity contribution >= 4 is 28.9 Å². The van der Waals surface area contributed by atoms with E-state index < -0.39 is 0 Å². The molecule has 0 spiro atoms. The van der Waals surface area contributed by atoms with Gasteiger partial charge in [-0.1, -0.05) is 23.2 Å². The molecule has 0 bridgehead atoms. The third-order valence-corrected chi connectivity index (χ3v) is 2.36. The molecule has 1 aliphatic heterocycles. The van der Waals surface area contributed by atoms with Gasteiger partial charge in [-0.2, -0.15) is 0 Å². The summed E-state index contributed by atoms with van der Waals surface area (Å²) >= 11 is 11.5. The second-order valence-electron chi connectivity index (χ2n) is 2.43. The molecule has 4 heteroatoms. The zero-order valence-electron chi connectivity index (χ0n) is 5.69. The van der Waals surface area contributed by atoms with E-state index in [1.165, 1.54) is 0 Å². The Bertz CT molecular complexity index is 270. The van der Waals surface area contributed by atoms with Crippen molar-refractivity contribution in [1.29, 1.82) is 0 Å². The molecule has 0 aliphatic carbocycles. The maximum absolute atomic E-state index is 5.76. The van der Waals surface area contributed by atoms with Crippen LogP contribution in [0.15, 0.2) is 6.07 Å². The SMILES string of the molecule is Clc1cc2c(nc1Cl)CCN2. The Balaban J connectivity index is 2.57. The van der Waals surface area contributed by atoms with Gasteiger partial charge in [-0.25, -0.2) is 4.98 Å². The molecule has 0 saturated carbocycles. The van der Waals surface area contributed by atoms with Crippen LogP contribution < -0.4 is 5.32 Å². The normalized spacial score (nSPS) is 14.4. The van der Waals surface area contributed by atoms with Gasteiger partial charge in [0.25, 0.3) is 0 Å². The van der Waals surface area contributed by atoms with Crippen molar-refractivity contribution in [3.8, 4) is 0 Å². The van der Waals surface area contributed by atoms with Gasteiger partial charge in [0, 0.05) is 13.0 Å². The molecule has 2 nitrogen and oxygen atoms in total. The molecule has 58 valence electrons. The second kappa shape index (κ2) is 2.54. The Labute approximate surface area is 74.5 Å². The highest BCUT2D eigenvalue weighted by Gasteiger charge is 2.13. The van der Waals surface area contributed by atoms with E-state index in [1.807, 2.05) is 6.07 Å². The summed E-state index contributed by atoms with van der Waals surface area (Å²) in [7, 11) is 0. The van der Waals surface area contributed by atoms with Crippen LogP contribution in [0.5, 0.6) is 0 Å². The van der Waals surface area contributed by atoms with Gasteiger partial charge in [0.15, 0.2) is 0 Å². The minimum absolute atomic E-state index is 0.397. The Morgan fingerprint density at radius 1 is 1.45 bits per heavy atom. The first-order chi connectivity index (χ1) is 5.27. The number of hydrogen-bond acceptors (Lipinski definition) is 2. The summed E-state index contributed by atoms with van der Waals surface area (Å²) in [5.41, 5.74) is 2.03. The highest BCUT2D eigenvalue weighted by atomic mass is 35.5. The van der Waals surface area contributed by atoms with Crippen molar-refractivity contribution in [3.63, 3.8) is 0 Å². The molecule has 0 fully saturated rings. The van der Waals surface area contributed by atoms with E-state index in [9.17, 15) is 0 Å². The summed E-state index contributed by atoms with van der Waals surface area (Å²) in [5.74, 6) is 0.